The summed E-state index contributed by atoms with van der Waals surface area (Å²) in [7, 11) is 1.60. The fraction of sp³-hybridized carbons (Fsp3) is 0.448. The van der Waals surface area contributed by atoms with Crippen LogP contribution < -0.4 is 20.7 Å². The van der Waals surface area contributed by atoms with E-state index >= 15 is 0 Å². The topological polar surface area (TPSA) is 126 Å². The van der Waals surface area contributed by atoms with Crippen molar-refractivity contribution < 1.29 is 33.0 Å². The number of nitrogens with one attached hydrogen (secondary N) is 3. The normalized spacial score (nSPS) is 22.2. The smallest absolute Gasteiger partial charge is 0.255 e. The Morgan fingerprint density at radius 2 is 1.82 bits per heavy atom. The van der Waals surface area contributed by atoms with Crippen LogP contribution in [0.4, 0.5) is 4.39 Å². The molecule has 3 N–H and O–H groups in total. The SMILES string of the molecule is C[C@@H]1NC(=O)C[C@@H](C(=O)NCC2(c3cccc(F)c3)CCOCC2)NC(=O)c2ccccc2OCCN(C)C1=O. The molecule has 4 amide bonds. The van der Waals surface area contributed by atoms with Crippen LogP contribution in [-0.4, -0.2) is 80.6 Å². The van der Waals surface area contributed by atoms with Crippen LogP contribution in [0.25, 0.3) is 0 Å². The highest BCUT2D eigenvalue weighted by Crippen LogP contribution is 2.34. The van der Waals surface area contributed by atoms with Gasteiger partial charge in [-0.3, -0.25) is 19.2 Å². The van der Waals surface area contributed by atoms with Crippen LogP contribution in [0.1, 0.15) is 42.1 Å². The number of benzene rings is 2. The van der Waals surface area contributed by atoms with Crippen LogP contribution in [0.15, 0.2) is 48.5 Å². The molecule has 0 bridgehead atoms. The summed E-state index contributed by atoms with van der Waals surface area (Å²) in [6, 6.07) is 10.8. The Kier molecular flexibility index (Phi) is 9.36. The molecule has 2 aromatic rings. The van der Waals surface area contributed by atoms with E-state index in [1.54, 1.807) is 44.3 Å². The molecular weight excluding hydrogens is 519 g/mol. The highest BCUT2D eigenvalue weighted by atomic mass is 19.1. The van der Waals surface area contributed by atoms with Gasteiger partial charge in [0.05, 0.1) is 18.5 Å². The summed E-state index contributed by atoms with van der Waals surface area (Å²) in [5.41, 5.74) is 0.364. The first-order chi connectivity index (χ1) is 19.2. The maximum Gasteiger partial charge on any atom is 0.255 e. The van der Waals surface area contributed by atoms with Gasteiger partial charge in [0.25, 0.3) is 5.91 Å². The molecule has 0 radical (unpaired) electrons. The van der Waals surface area contributed by atoms with Gasteiger partial charge < -0.3 is 30.3 Å². The molecule has 0 saturated carbocycles. The lowest BCUT2D eigenvalue weighted by Crippen LogP contribution is -2.54. The Hall–Kier alpha value is -3.99. The summed E-state index contributed by atoms with van der Waals surface area (Å²) in [4.78, 5) is 53.8. The number of carbonyl (C=O) groups is 4. The Balaban J connectivity index is 1.58. The molecule has 10 nitrogen and oxygen atoms in total. The molecule has 1 fully saturated rings. The van der Waals surface area contributed by atoms with Crippen molar-refractivity contribution in [3.63, 3.8) is 0 Å². The summed E-state index contributed by atoms with van der Waals surface area (Å²) in [6.45, 7) is 2.99. The molecule has 0 unspecified atom stereocenters. The Bertz CT molecular complexity index is 1250. The average Bonchev–Trinajstić information content (AvgIpc) is 2.95. The highest BCUT2D eigenvalue weighted by Gasteiger charge is 2.36. The number of fused-ring (bicyclic) bond motifs is 1. The van der Waals surface area contributed by atoms with Crippen LogP contribution >= 0.6 is 0 Å². The van der Waals surface area contributed by atoms with E-state index in [0.717, 1.165) is 5.56 Å². The molecule has 0 spiro atoms. The van der Waals surface area contributed by atoms with Gasteiger partial charge in [0.15, 0.2) is 0 Å². The van der Waals surface area contributed by atoms with E-state index < -0.39 is 41.6 Å². The lowest BCUT2D eigenvalue weighted by molar-refractivity contribution is -0.135. The summed E-state index contributed by atoms with van der Waals surface area (Å²) in [5, 5.41) is 8.18. The van der Waals surface area contributed by atoms with Gasteiger partial charge in [-0.25, -0.2) is 4.39 Å². The molecular formula is C29H35FN4O6. The Morgan fingerprint density at radius 3 is 2.58 bits per heavy atom. The molecule has 0 aliphatic carbocycles. The fourth-order valence-electron chi connectivity index (χ4n) is 5.03. The van der Waals surface area contributed by atoms with Gasteiger partial charge in [0, 0.05) is 32.2 Å². The summed E-state index contributed by atoms with van der Waals surface area (Å²) in [5.74, 6) is -2.12. The first-order valence-corrected chi connectivity index (χ1v) is 13.4. The van der Waals surface area contributed by atoms with Crippen molar-refractivity contribution >= 4 is 23.6 Å². The number of halogens is 1. The summed E-state index contributed by atoms with van der Waals surface area (Å²) >= 11 is 0. The lowest BCUT2D eigenvalue weighted by Gasteiger charge is -2.38. The minimum atomic E-state index is -1.24. The molecule has 2 heterocycles. The number of para-hydroxylation sites is 1. The van der Waals surface area contributed by atoms with Crippen molar-refractivity contribution in [3.05, 3.63) is 65.5 Å². The molecule has 214 valence electrons. The van der Waals surface area contributed by atoms with Crippen LogP contribution in [0.2, 0.25) is 0 Å². The Labute approximate surface area is 232 Å². The van der Waals surface area contributed by atoms with E-state index in [1.165, 1.54) is 17.0 Å². The number of rotatable bonds is 4. The maximum atomic E-state index is 14.1. The minimum Gasteiger partial charge on any atom is -0.491 e. The number of hydrogen-bond donors (Lipinski definition) is 3. The van der Waals surface area contributed by atoms with E-state index in [0.29, 0.717) is 31.8 Å². The van der Waals surface area contributed by atoms with E-state index in [4.69, 9.17) is 9.47 Å². The monoisotopic (exact) mass is 554 g/mol. The molecule has 40 heavy (non-hydrogen) atoms. The molecule has 2 aliphatic heterocycles. The zero-order chi connectivity index (χ0) is 28.7. The van der Waals surface area contributed by atoms with Crippen molar-refractivity contribution in [2.45, 2.75) is 43.7 Å². The molecule has 1 saturated heterocycles. The third-order valence-electron chi connectivity index (χ3n) is 7.44. The third-order valence-corrected chi connectivity index (χ3v) is 7.44. The number of ether oxygens (including phenoxy) is 2. The first-order valence-electron chi connectivity index (χ1n) is 13.4. The van der Waals surface area contributed by atoms with Crippen molar-refractivity contribution in [1.29, 1.82) is 0 Å². The predicted octanol–water partition coefficient (Wildman–Crippen LogP) is 1.53. The van der Waals surface area contributed by atoms with Gasteiger partial charge in [-0.2, -0.15) is 0 Å². The zero-order valence-corrected chi connectivity index (χ0v) is 22.7. The molecule has 0 aromatic heterocycles. The molecule has 4 rings (SSSR count). The van der Waals surface area contributed by atoms with Crippen LogP contribution in [0, 0.1) is 5.82 Å². The van der Waals surface area contributed by atoms with E-state index in [-0.39, 0.29) is 37.0 Å². The Morgan fingerprint density at radius 1 is 1.07 bits per heavy atom. The number of hydrogen-bond acceptors (Lipinski definition) is 6. The standard InChI is InChI=1S/C29H35FN4O6/c1-19-28(38)34(2)12-15-40-24-9-4-3-8-22(24)26(36)33-23(17-25(35)32-19)27(37)31-18-29(10-13-39-14-11-29)20-6-5-7-21(30)16-20/h3-9,16,19,23H,10-15,17-18H2,1-2H3,(H,31,37)(H,32,35)(H,33,36)/t19-,23-/m0/s1. The van der Waals surface area contributed by atoms with Crippen molar-refractivity contribution in [2.75, 3.05) is 40.0 Å². The molecule has 2 atom stereocenters. The fourth-order valence-corrected chi connectivity index (χ4v) is 5.03. The quantitative estimate of drug-likeness (QED) is 0.527. The number of likely N-dealkylation sites (N-methyl/N-ethyl adjacent to an activating group) is 1. The average molecular weight is 555 g/mol. The van der Waals surface area contributed by atoms with Gasteiger partial charge in [-0.1, -0.05) is 24.3 Å². The van der Waals surface area contributed by atoms with E-state index in [2.05, 4.69) is 16.0 Å². The van der Waals surface area contributed by atoms with Crippen LogP contribution in [0.5, 0.6) is 5.75 Å². The van der Waals surface area contributed by atoms with Gasteiger partial charge in [-0.05, 0) is 49.6 Å². The number of nitrogens with zero attached hydrogens (tertiary/aromatic N) is 1. The second kappa shape index (κ2) is 12.9. The van der Waals surface area contributed by atoms with Gasteiger partial charge in [0.1, 0.15) is 30.3 Å². The lowest BCUT2D eigenvalue weighted by atomic mass is 9.74. The van der Waals surface area contributed by atoms with Crippen molar-refractivity contribution in [3.8, 4) is 5.75 Å². The van der Waals surface area contributed by atoms with E-state index in [1.807, 2.05) is 6.07 Å². The highest BCUT2D eigenvalue weighted by molar-refractivity contribution is 6.01. The largest absolute Gasteiger partial charge is 0.491 e. The number of carbonyl (C=O) groups excluding carboxylic acids is 4. The van der Waals surface area contributed by atoms with Crippen molar-refractivity contribution in [1.82, 2.24) is 20.9 Å². The zero-order valence-electron chi connectivity index (χ0n) is 22.7. The van der Waals surface area contributed by atoms with E-state index in [9.17, 15) is 23.6 Å². The molecule has 2 aliphatic rings. The van der Waals surface area contributed by atoms with Crippen LogP contribution in [0.3, 0.4) is 0 Å². The third kappa shape index (κ3) is 6.95. The second-order valence-corrected chi connectivity index (χ2v) is 10.2. The summed E-state index contributed by atoms with van der Waals surface area (Å²) < 4.78 is 25.4. The maximum absolute atomic E-state index is 14.1. The van der Waals surface area contributed by atoms with Crippen LogP contribution in [-0.2, 0) is 24.5 Å². The molecule has 11 heteroatoms. The van der Waals surface area contributed by atoms with Gasteiger partial charge in [-0.15, -0.1) is 0 Å². The minimum absolute atomic E-state index is 0.128. The van der Waals surface area contributed by atoms with Gasteiger partial charge in [0.2, 0.25) is 17.7 Å². The summed E-state index contributed by atoms with van der Waals surface area (Å²) in [6.07, 6.45) is 0.732. The number of amides is 4. The second-order valence-electron chi connectivity index (χ2n) is 10.2. The van der Waals surface area contributed by atoms with Gasteiger partial charge >= 0.3 is 0 Å². The predicted molar refractivity (Wildman–Crippen MR) is 144 cm³/mol. The first kappa shape index (κ1) is 29.0. The van der Waals surface area contributed by atoms with Crippen molar-refractivity contribution in [2.24, 2.45) is 0 Å². The molecule has 2 aromatic carbocycles.